The van der Waals surface area contributed by atoms with E-state index in [1.165, 1.54) is 33.4 Å². The Hall–Kier alpha value is -11.9. The van der Waals surface area contributed by atoms with Crippen LogP contribution < -0.4 is 28.4 Å². The molecule has 12 heteroatoms. The Labute approximate surface area is 696 Å². The fraction of sp³-hybridized carbons (Fsp3) is 0.118. The minimum atomic E-state index is 0.0816. The lowest BCUT2D eigenvalue weighted by molar-refractivity contribution is 0.249. The molecule has 13 aromatic rings. The number of ether oxygens (including phenoxy) is 6. The highest BCUT2D eigenvalue weighted by molar-refractivity contribution is 8.04. The summed E-state index contributed by atoms with van der Waals surface area (Å²) in [5, 5.41) is 19.8. The van der Waals surface area contributed by atoms with Crippen molar-refractivity contribution in [1.82, 2.24) is 0 Å². The number of hydrogen-bond acceptors (Lipinski definition) is 12. The van der Waals surface area contributed by atoms with Crippen LogP contribution in [-0.4, -0.2) is 0 Å². The summed E-state index contributed by atoms with van der Waals surface area (Å²) in [5.74, 6) is 28.6. The van der Waals surface area contributed by atoms with Crippen LogP contribution >= 0.6 is 70.6 Å². The van der Waals surface area contributed by atoms with Crippen molar-refractivity contribution in [3.63, 3.8) is 0 Å². The van der Waals surface area contributed by atoms with E-state index in [2.05, 4.69) is 213 Å². The molecule has 0 spiro atoms. The quantitative estimate of drug-likeness (QED) is 0.0403. The first-order chi connectivity index (χ1) is 56.5. The van der Waals surface area contributed by atoms with Gasteiger partial charge in [0, 0.05) is 101 Å². The van der Waals surface area contributed by atoms with Crippen LogP contribution in [0.3, 0.4) is 0 Å². The molecule has 0 unspecified atom stereocenters. The lowest BCUT2D eigenvalue weighted by Crippen LogP contribution is -2.21. The summed E-state index contributed by atoms with van der Waals surface area (Å²) in [4.78, 5) is 0. The summed E-state index contributed by atoms with van der Waals surface area (Å²) >= 11 is 9.44. The third-order valence-electron chi connectivity index (χ3n) is 17.7. The molecule has 13 rings (SSSR count). The van der Waals surface area contributed by atoms with Gasteiger partial charge in [-0.05, 0) is 210 Å². The Morgan fingerprint density at radius 2 is 0.289 bits per heavy atom. The predicted molar refractivity (Wildman–Crippen MR) is 479 cm³/mol. The molecule has 0 bridgehead atoms. The highest BCUT2D eigenvalue weighted by Crippen LogP contribution is 2.36. The van der Waals surface area contributed by atoms with E-state index >= 15 is 0 Å². The predicted octanol–water partition coefficient (Wildman–Crippen LogP) is 24.6. The maximum Gasteiger partial charge on any atom is 0.119 e. The molecular weight excluding hydrogens is 1510 g/mol. The molecule has 0 amide bonds. The van der Waals surface area contributed by atoms with Crippen molar-refractivity contribution in [3.8, 4) is 102 Å². The minimum Gasteiger partial charge on any atom is -0.489 e. The van der Waals surface area contributed by atoms with E-state index in [4.69, 9.17) is 28.4 Å². The minimum absolute atomic E-state index is 0.0816. The van der Waals surface area contributed by atoms with Crippen LogP contribution in [0, 0.1) is 67.0 Å². The van der Waals surface area contributed by atoms with Crippen LogP contribution in [-0.2, 0) is 74.2 Å². The van der Waals surface area contributed by atoms with Crippen molar-refractivity contribution in [2.45, 2.75) is 74.2 Å². The van der Waals surface area contributed by atoms with Crippen LogP contribution in [0.25, 0.3) is 0 Å². The van der Waals surface area contributed by atoms with Crippen molar-refractivity contribution in [2.24, 2.45) is 0 Å². The van der Waals surface area contributed by atoms with Crippen LogP contribution in [0.15, 0.2) is 328 Å². The highest BCUT2D eigenvalue weighted by Gasteiger charge is 2.27. The number of thioether (sulfide) groups is 6. The van der Waals surface area contributed by atoms with Crippen molar-refractivity contribution >= 4 is 70.6 Å². The first kappa shape index (κ1) is 80.2. The van der Waals surface area contributed by atoms with Crippen molar-refractivity contribution in [3.05, 3.63) is 428 Å². The number of hydrogen-bond donors (Lipinski definition) is 0. The van der Waals surface area contributed by atoms with E-state index in [-0.39, 0.29) is 39.6 Å². The molecule has 0 aliphatic carbocycles. The molecule has 0 fully saturated rings. The number of rotatable bonds is 30. The molecule has 0 saturated carbocycles. The molecule has 0 aliphatic heterocycles. The van der Waals surface area contributed by atoms with Gasteiger partial charge in [-0.1, -0.05) is 288 Å². The summed E-state index contributed by atoms with van der Waals surface area (Å²) in [6.45, 7) is 0.490. The molecule has 0 aromatic heterocycles. The largest absolute Gasteiger partial charge is 0.489 e. The van der Waals surface area contributed by atoms with Gasteiger partial charge in [-0.25, -0.2) is 0 Å². The third kappa shape index (κ3) is 26.7. The Bertz CT molecular complexity index is 4660. The van der Waals surface area contributed by atoms with Crippen molar-refractivity contribution in [1.29, 1.82) is 0 Å². The van der Waals surface area contributed by atoms with Gasteiger partial charge in [0.2, 0.25) is 0 Å². The second-order valence-corrected chi connectivity index (χ2v) is 30.4. The summed E-state index contributed by atoms with van der Waals surface area (Å²) < 4.78 is 42.4. The summed E-state index contributed by atoms with van der Waals surface area (Å²) in [7, 11) is 0. The SMILES string of the molecule is C(#Cc1ccc(OCc2c(COc3ccc(C#CSCc4ccccc4)cc3)c(COc3ccc(C#CSCc4ccccc4)cc3)c(COc3ccc(C#CSCc4ccccc4)cc3)c(COc3ccc(C#CSCc4ccccc4)cc3)c2COc2ccc(C#CSCc3ccccc3)cc2)cc1)SCc1ccccc1. The smallest absolute Gasteiger partial charge is 0.119 e. The molecule has 6 nitrogen and oxygen atoms in total. The standard InChI is InChI=1S/C102H78O6S6/c1-7-19-85(20-8-1)73-109-61-55-79-31-43-91(44-32-79)103-67-97-98(68-104-92-45-33-80(34-46-92)56-62-110-74-86-21-9-2-10-22-86)100(70-106-94-49-37-82(38-50-94)58-64-112-76-88-25-13-4-14-26-88)102(72-108-96-53-41-84(42-54-96)60-66-114-78-90-29-17-6-18-30-90)101(71-107-95-51-39-83(40-52-95)59-65-113-77-89-27-15-5-16-28-89)99(97)69-105-93-47-35-81(36-48-93)57-63-111-75-87-23-11-3-12-24-87/h1-54H,67-78H2. The Balaban J connectivity index is 0.898. The monoisotopic (exact) mass is 1590 g/mol. The zero-order valence-corrected chi connectivity index (χ0v) is 67.5. The normalized spacial score (nSPS) is 10.3. The van der Waals surface area contributed by atoms with Gasteiger partial charge in [0.15, 0.2) is 0 Å². The molecule has 0 radical (unpaired) electrons. The molecule has 0 saturated heterocycles. The molecule has 0 atom stereocenters. The summed E-state index contributed by atoms with van der Waals surface area (Å²) in [6, 6.07) is 110. The topological polar surface area (TPSA) is 55.4 Å². The van der Waals surface area contributed by atoms with Gasteiger partial charge >= 0.3 is 0 Å². The average molecular weight is 1590 g/mol. The van der Waals surface area contributed by atoms with E-state index in [9.17, 15) is 0 Å². The van der Waals surface area contributed by atoms with E-state index in [0.29, 0.717) is 34.5 Å². The van der Waals surface area contributed by atoms with Gasteiger partial charge in [0.1, 0.15) is 74.1 Å². The van der Waals surface area contributed by atoms with Gasteiger partial charge in [0.25, 0.3) is 0 Å². The average Bonchev–Trinajstić information content (AvgIpc) is 0.760. The Morgan fingerprint density at radius 1 is 0.158 bits per heavy atom. The Morgan fingerprint density at radius 3 is 0.421 bits per heavy atom. The molecule has 0 N–H and O–H groups in total. The fourth-order valence-corrected chi connectivity index (χ4v) is 15.3. The molecule has 114 heavy (non-hydrogen) atoms. The van der Waals surface area contributed by atoms with Crippen LogP contribution in [0.1, 0.15) is 100 Å². The van der Waals surface area contributed by atoms with Crippen molar-refractivity contribution in [2.75, 3.05) is 0 Å². The molecule has 13 aromatic carbocycles. The van der Waals surface area contributed by atoms with Gasteiger partial charge in [-0.15, -0.1) is 0 Å². The van der Waals surface area contributed by atoms with Crippen molar-refractivity contribution < 1.29 is 28.4 Å². The van der Waals surface area contributed by atoms with Crippen LogP contribution in [0.2, 0.25) is 0 Å². The molecule has 0 heterocycles. The van der Waals surface area contributed by atoms with E-state index in [1.54, 1.807) is 70.6 Å². The van der Waals surface area contributed by atoms with E-state index < -0.39 is 0 Å². The van der Waals surface area contributed by atoms with Crippen LogP contribution in [0.5, 0.6) is 34.5 Å². The molecule has 558 valence electrons. The molecule has 0 aliphatic rings. The van der Waals surface area contributed by atoms with Gasteiger partial charge in [-0.3, -0.25) is 0 Å². The highest BCUT2D eigenvalue weighted by atomic mass is 32.2. The zero-order chi connectivity index (χ0) is 77.5. The third-order valence-corrected chi connectivity index (χ3v) is 22.1. The maximum atomic E-state index is 7.07. The van der Waals surface area contributed by atoms with Gasteiger partial charge in [-0.2, -0.15) is 0 Å². The Kier molecular flexibility index (Phi) is 31.6. The first-order valence-electron chi connectivity index (χ1n) is 37.0. The van der Waals surface area contributed by atoms with Gasteiger partial charge in [0.05, 0.1) is 0 Å². The lowest BCUT2D eigenvalue weighted by Gasteiger charge is -2.27. The second kappa shape index (κ2) is 45.0. The maximum absolute atomic E-state index is 7.07. The summed E-state index contributed by atoms with van der Waals surface area (Å²) in [6.07, 6.45) is 0. The number of benzene rings is 13. The second-order valence-electron chi connectivity index (χ2n) is 25.8. The first-order valence-corrected chi connectivity index (χ1v) is 43.0. The van der Waals surface area contributed by atoms with E-state index in [1.807, 2.05) is 182 Å². The van der Waals surface area contributed by atoms with E-state index in [0.717, 1.165) is 101 Å². The van der Waals surface area contributed by atoms with Gasteiger partial charge < -0.3 is 28.4 Å². The van der Waals surface area contributed by atoms with Crippen LogP contribution in [0.4, 0.5) is 0 Å². The lowest BCUT2D eigenvalue weighted by atomic mass is 9.87. The fourth-order valence-electron chi connectivity index (χ4n) is 11.6. The molecular formula is C102H78O6S6. The zero-order valence-electron chi connectivity index (χ0n) is 62.6. The summed E-state index contributed by atoms with van der Waals surface area (Å²) in [5.41, 5.74) is 17.4.